The van der Waals surface area contributed by atoms with Crippen molar-refractivity contribution in [3.05, 3.63) is 0 Å². The summed E-state index contributed by atoms with van der Waals surface area (Å²) in [4.78, 5) is 11.5. The van der Waals surface area contributed by atoms with E-state index >= 15 is 0 Å². The van der Waals surface area contributed by atoms with Gasteiger partial charge in [-0.2, -0.15) is 0 Å². The molecule has 0 aromatic rings. The lowest BCUT2D eigenvalue weighted by molar-refractivity contribution is -0.120. The van der Waals surface area contributed by atoms with Crippen molar-refractivity contribution in [2.75, 3.05) is 0 Å². The minimum Gasteiger partial charge on any atom is -0.353 e. The first-order valence-electron chi connectivity index (χ1n) is 5.77. The molecule has 1 N–H and O–H groups in total. The van der Waals surface area contributed by atoms with Gasteiger partial charge in [-0.15, -0.1) is 0 Å². The van der Waals surface area contributed by atoms with Crippen LogP contribution in [0.3, 0.4) is 0 Å². The Morgan fingerprint density at radius 3 is 2.43 bits per heavy atom. The summed E-state index contributed by atoms with van der Waals surface area (Å²) in [6, 6.07) is 0.366. The Bertz CT molecular complexity index is 259. The number of hydrogen-bond donors (Lipinski definition) is 1. The second-order valence-corrected chi connectivity index (χ2v) is 5.71. The third kappa shape index (κ3) is 1.19. The second-order valence-electron chi connectivity index (χ2n) is 5.71. The van der Waals surface area contributed by atoms with Crippen LogP contribution in [-0.4, -0.2) is 11.9 Å². The quantitative estimate of drug-likeness (QED) is 0.632. The molecule has 2 nitrogen and oxygen atoms in total. The summed E-state index contributed by atoms with van der Waals surface area (Å²) in [5, 5.41) is 3.09. The van der Waals surface area contributed by atoms with Gasteiger partial charge in [0, 0.05) is 17.9 Å². The Hall–Kier alpha value is -0.530. The maximum Gasteiger partial charge on any atom is 0.220 e. The first-order valence-corrected chi connectivity index (χ1v) is 5.77. The maximum absolute atomic E-state index is 11.5. The van der Waals surface area contributed by atoms with Gasteiger partial charge >= 0.3 is 0 Å². The third-order valence-electron chi connectivity index (χ3n) is 4.70. The van der Waals surface area contributed by atoms with Crippen molar-refractivity contribution in [2.45, 2.75) is 58.9 Å². The summed E-state index contributed by atoms with van der Waals surface area (Å²) in [6.45, 7) is 6.85. The summed E-state index contributed by atoms with van der Waals surface area (Å²) in [5.74, 6) is 0.257. The van der Waals surface area contributed by atoms with Gasteiger partial charge in [0.1, 0.15) is 0 Å². The first kappa shape index (κ1) is 10.0. The highest BCUT2D eigenvalue weighted by molar-refractivity contribution is 5.80. The van der Waals surface area contributed by atoms with Crippen LogP contribution in [0.4, 0.5) is 0 Å². The van der Waals surface area contributed by atoms with E-state index in [1.54, 1.807) is 0 Å². The number of rotatable bonds is 0. The Labute approximate surface area is 86.5 Å². The normalized spacial score (nSPS) is 41.4. The Kier molecular flexibility index (Phi) is 2.13. The molecule has 2 aliphatic rings. The number of amides is 1. The molecule has 1 saturated heterocycles. The number of hydrogen-bond acceptors (Lipinski definition) is 1. The highest BCUT2D eigenvalue weighted by Crippen LogP contribution is 2.56. The van der Waals surface area contributed by atoms with E-state index in [1.807, 2.05) is 0 Å². The third-order valence-corrected chi connectivity index (χ3v) is 4.70. The molecule has 1 amide bonds. The smallest absolute Gasteiger partial charge is 0.220 e. The Morgan fingerprint density at radius 2 is 1.93 bits per heavy atom. The second kappa shape index (κ2) is 2.98. The van der Waals surface area contributed by atoms with Gasteiger partial charge in [-0.1, -0.05) is 26.7 Å². The Balaban J connectivity index is 2.32. The van der Waals surface area contributed by atoms with E-state index in [9.17, 15) is 4.79 Å². The van der Waals surface area contributed by atoms with Crippen molar-refractivity contribution in [1.82, 2.24) is 5.32 Å². The molecule has 2 heteroatoms. The van der Waals surface area contributed by atoms with Crippen molar-refractivity contribution in [3.63, 3.8) is 0 Å². The zero-order valence-corrected chi connectivity index (χ0v) is 9.52. The van der Waals surface area contributed by atoms with Gasteiger partial charge in [0.25, 0.3) is 0 Å². The van der Waals surface area contributed by atoms with Crippen LogP contribution in [0.2, 0.25) is 0 Å². The molecule has 0 bridgehead atoms. The number of carbonyl (C=O) groups excluding carboxylic acids is 1. The van der Waals surface area contributed by atoms with Crippen LogP contribution >= 0.6 is 0 Å². The minimum atomic E-state index is 0.238. The molecule has 80 valence electrons. The minimum absolute atomic E-state index is 0.238. The van der Waals surface area contributed by atoms with E-state index in [1.165, 1.54) is 25.7 Å². The molecular weight excluding hydrogens is 174 g/mol. The molecule has 2 atom stereocenters. The predicted molar refractivity (Wildman–Crippen MR) is 56.9 cm³/mol. The van der Waals surface area contributed by atoms with E-state index in [4.69, 9.17) is 0 Å². The average Bonchev–Trinajstić information content (AvgIpc) is 2.35. The van der Waals surface area contributed by atoms with Crippen molar-refractivity contribution in [2.24, 2.45) is 10.8 Å². The highest BCUT2D eigenvalue weighted by Gasteiger charge is 2.54. The molecule has 2 fully saturated rings. The molecule has 2 unspecified atom stereocenters. The topological polar surface area (TPSA) is 29.1 Å². The fraction of sp³-hybridized carbons (Fsp3) is 0.917. The standard InChI is InChI=1S/C12H21NO/c1-9-12(8-10(14)13-9)7-5-4-6-11(12,2)3/h9H,4-8H2,1-3H3,(H,13,14). The molecular formula is C12H21NO. The van der Waals surface area contributed by atoms with E-state index in [0.717, 1.165) is 6.42 Å². The van der Waals surface area contributed by atoms with Gasteiger partial charge in [0.05, 0.1) is 0 Å². The first-order chi connectivity index (χ1) is 6.48. The lowest BCUT2D eigenvalue weighted by Crippen LogP contribution is -2.47. The monoisotopic (exact) mass is 195 g/mol. The molecule has 1 saturated carbocycles. The van der Waals surface area contributed by atoms with Gasteiger partial charge in [-0.05, 0) is 25.2 Å². The van der Waals surface area contributed by atoms with Crippen LogP contribution in [0, 0.1) is 10.8 Å². The SMILES string of the molecule is CC1NC(=O)CC12CCCCC2(C)C. The lowest BCUT2D eigenvalue weighted by Gasteiger charge is -2.50. The highest BCUT2D eigenvalue weighted by atomic mass is 16.2. The maximum atomic E-state index is 11.5. The number of nitrogens with one attached hydrogen (secondary N) is 1. The molecule has 1 aliphatic heterocycles. The van der Waals surface area contributed by atoms with Crippen molar-refractivity contribution >= 4 is 5.91 Å². The zero-order chi connectivity index (χ0) is 10.4. The van der Waals surface area contributed by atoms with Gasteiger partial charge in [0.2, 0.25) is 5.91 Å². The molecule has 0 radical (unpaired) electrons. The van der Waals surface area contributed by atoms with Gasteiger partial charge in [-0.3, -0.25) is 4.79 Å². The fourth-order valence-corrected chi connectivity index (χ4v) is 3.60. The largest absolute Gasteiger partial charge is 0.353 e. The van der Waals surface area contributed by atoms with Crippen LogP contribution in [-0.2, 0) is 4.79 Å². The predicted octanol–water partition coefficient (Wildman–Crippen LogP) is 2.48. The summed E-state index contributed by atoms with van der Waals surface area (Å²) >= 11 is 0. The summed E-state index contributed by atoms with van der Waals surface area (Å²) in [5.41, 5.74) is 0.562. The molecule has 1 spiro atoms. The van der Waals surface area contributed by atoms with E-state index in [2.05, 4.69) is 26.1 Å². The van der Waals surface area contributed by atoms with Crippen LogP contribution in [0.5, 0.6) is 0 Å². The van der Waals surface area contributed by atoms with E-state index in [-0.39, 0.29) is 11.3 Å². The summed E-state index contributed by atoms with van der Waals surface area (Å²) in [7, 11) is 0. The lowest BCUT2D eigenvalue weighted by atomic mass is 9.55. The summed E-state index contributed by atoms with van der Waals surface area (Å²) in [6.07, 6.45) is 5.87. The molecule has 1 aliphatic carbocycles. The van der Waals surface area contributed by atoms with Crippen LogP contribution in [0.1, 0.15) is 52.9 Å². The number of carbonyl (C=O) groups is 1. The summed E-state index contributed by atoms with van der Waals surface area (Å²) < 4.78 is 0. The Morgan fingerprint density at radius 1 is 1.29 bits per heavy atom. The molecule has 14 heavy (non-hydrogen) atoms. The fourth-order valence-electron chi connectivity index (χ4n) is 3.60. The molecule has 1 heterocycles. The van der Waals surface area contributed by atoms with Gasteiger partial charge < -0.3 is 5.32 Å². The molecule has 2 rings (SSSR count). The van der Waals surface area contributed by atoms with Crippen LogP contribution in [0.15, 0.2) is 0 Å². The zero-order valence-electron chi connectivity index (χ0n) is 9.52. The van der Waals surface area contributed by atoms with Crippen LogP contribution in [0.25, 0.3) is 0 Å². The average molecular weight is 195 g/mol. The molecule has 0 aromatic carbocycles. The van der Waals surface area contributed by atoms with Crippen molar-refractivity contribution < 1.29 is 4.79 Å². The van der Waals surface area contributed by atoms with Gasteiger partial charge in [0.15, 0.2) is 0 Å². The van der Waals surface area contributed by atoms with Gasteiger partial charge in [-0.25, -0.2) is 0 Å². The van der Waals surface area contributed by atoms with Crippen molar-refractivity contribution in [1.29, 1.82) is 0 Å². The van der Waals surface area contributed by atoms with Crippen LogP contribution < -0.4 is 5.32 Å². The van der Waals surface area contributed by atoms with E-state index < -0.39 is 0 Å². The van der Waals surface area contributed by atoms with E-state index in [0.29, 0.717) is 11.5 Å². The van der Waals surface area contributed by atoms with Crippen molar-refractivity contribution in [3.8, 4) is 0 Å². The molecule has 0 aromatic heterocycles.